The summed E-state index contributed by atoms with van der Waals surface area (Å²) >= 11 is 1.70. The first-order valence-corrected chi connectivity index (χ1v) is 10.3. The lowest BCUT2D eigenvalue weighted by Gasteiger charge is -2.16. The Morgan fingerprint density at radius 2 is 1.86 bits per heavy atom. The molecule has 0 aliphatic carbocycles. The fraction of sp³-hybridized carbons (Fsp3) is 0.261. The number of hydrogen-bond acceptors (Lipinski definition) is 5. The quantitative estimate of drug-likeness (QED) is 0.547. The Kier molecular flexibility index (Phi) is 7.67. The molecule has 0 radical (unpaired) electrons. The summed E-state index contributed by atoms with van der Waals surface area (Å²) in [6, 6.07) is 19.8. The van der Waals surface area contributed by atoms with Gasteiger partial charge in [0, 0.05) is 18.0 Å². The van der Waals surface area contributed by atoms with Crippen LogP contribution in [0.3, 0.4) is 0 Å². The SMILES string of the molecule is COc1cc(CNC(=O)CN(C)Cc2cccs2)ccc1OCc1ccccc1. The van der Waals surface area contributed by atoms with Gasteiger partial charge in [0.1, 0.15) is 6.61 Å². The third-order valence-corrected chi connectivity index (χ3v) is 5.24. The van der Waals surface area contributed by atoms with Gasteiger partial charge in [0.05, 0.1) is 13.7 Å². The van der Waals surface area contributed by atoms with Crippen LogP contribution in [0.15, 0.2) is 66.0 Å². The molecule has 0 spiro atoms. The first-order chi connectivity index (χ1) is 14.1. The minimum atomic E-state index is -0.00701. The Labute approximate surface area is 175 Å². The highest BCUT2D eigenvalue weighted by molar-refractivity contribution is 7.09. The number of rotatable bonds is 10. The van der Waals surface area contributed by atoms with Crippen LogP contribution in [0.25, 0.3) is 0 Å². The molecular weight excluding hydrogens is 384 g/mol. The van der Waals surface area contributed by atoms with E-state index >= 15 is 0 Å². The van der Waals surface area contributed by atoms with E-state index in [-0.39, 0.29) is 5.91 Å². The van der Waals surface area contributed by atoms with Crippen molar-refractivity contribution in [3.05, 3.63) is 82.0 Å². The van der Waals surface area contributed by atoms with E-state index in [1.165, 1.54) is 4.88 Å². The summed E-state index contributed by atoms with van der Waals surface area (Å²) in [5.74, 6) is 1.33. The van der Waals surface area contributed by atoms with Crippen LogP contribution in [0, 0.1) is 0 Å². The van der Waals surface area contributed by atoms with Gasteiger partial charge in [-0.25, -0.2) is 0 Å². The van der Waals surface area contributed by atoms with Gasteiger partial charge in [-0.15, -0.1) is 11.3 Å². The predicted molar refractivity (Wildman–Crippen MR) is 116 cm³/mol. The molecule has 0 unspecified atom stereocenters. The molecule has 0 aliphatic rings. The molecule has 0 bridgehead atoms. The minimum Gasteiger partial charge on any atom is -0.493 e. The van der Waals surface area contributed by atoms with Gasteiger partial charge in [-0.3, -0.25) is 9.69 Å². The molecule has 29 heavy (non-hydrogen) atoms. The topological polar surface area (TPSA) is 50.8 Å². The predicted octanol–water partition coefficient (Wildman–Crippen LogP) is 4.08. The number of carbonyl (C=O) groups is 1. The Hall–Kier alpha value is -2.83. The molecule has 2 aromatic carbocycles. The van der Waals surface area contributed by atoms with Crippen molar-refractivity contribution in [2.45, 2.75) is 19.7 Å². The third-order valence-electron chi connectivity index (χ3n) is 4.37. The molecule has 6 heteroatoms. The molecule has 0 saturated carbocycles. The fourth-order valence-electron chi connectivity index (χ4n) is 2.90. The summed E-state index contributed by atoms with van der Waals surface area (Å²) in [5, 5.41) is 5.01. The number of benzene rings is 2. The van der Waals surface area contributed by atoms with Gasteiger partial charge in [0.15, 0.2) is 11.5 Å². The molecule has 0 aliphatic heterocycles. The number of carbonyl (C=O) groups excluding carboxylic acids is 1. The van der Waals surface area contributed by atoms with Gasteiger partial charge in [-0.2, -0.15) is 0 Å². The Bertz CT molecular complexity index is 898. The van der Waals surface area contributed by atoms with Crippen LogP contribution < -0.4 is 14.8 Å². The number of methoxy groups -OCH3 is 1. The Morgan fingerprint density at radius 3 is 2.59 bits per heavy atom. The molecule has 1 amide bonds. The van der Waals surface area contributed by atoms with Gasteiger partial charge < -0.3 is 14.8 Å². The minimum absolute atomic E-state index is 0.00701. The lowest BCUT2D eigenvalue weighted by atomic mass is 10.2. The number of ether oxygens (including phenoxy) is 2. The average molecular weight is 411 g/mol. The zero-order valence-electron chi connectivity index (χ0n) is 16.8. The smallest absolute Gasteiger partial charge is 0.234 e. The monoisotopic (exact) mass is 410 g/mol. The molecule has 0 saturated heterocycles. The zero-order chi connectivity index (χ0) is 20.5. The summed E-state index contributed by atoms with van der Waals surface area (Å²) in [7, 11) is 3.56. The van der Waals surface area contributed by atoms with Crippen LogP contribution in [0.1, 0.15) is 16.0 Å². The van der Waals surface area contributed by atoms with E-state index in [0.29, 0.717) is 31.2 Å². The van der Waals surface area contributed by atoms with Crippen LogP contribution in [0.2, 0.25) is 0 Å². The van der Waals surface area contributed by atoms with E-state index in [9.17, 15) is 4.79 Å². The van der Waals surface area contributed by atoms with Crippen molar-refractivity contribution in [2.75, 3.05) is 20.7 Å². The zero-order valence-corrected chi connectivity index (χ0v) is 17.6. The summed E-state index contributed by atoms with van der Waals surface area (Å²) in [5.41, 5.74) is 2.06. The van der Waals surface area contributed by atoms with E-state index in [4.69, 9.17) is 9.47 Å². The summed E-state index contributed by atoms with van der Waals surface area (Å²) in [4.78, 5) is 15.5. The second-order valence-electron chi connectivity index (χ2n) is 6.79. The van der Waals surface area contributed by atoms with Crippen LogP contribution in [-0.2, 0) is 24.5 Å². The number of nitrogens with one attached hydrogen (secondary N) is 1. The van der Waals surface area contributed by atoms with Crippen LogP contribution >= 0.6 is 11.3 Å². The van der Waals surface area contributed by atoms with Gasteiger partial charge in [0.25, 0.3) is 0 Å². The fourth-order valence-corrected chi connectivity index (χ4v) is 3.69. The summed E-state index contributed by atoms with van der Waals surface area (Å²) in [6.45, 7) is 2.05. The Morgan fingerprint density at radius 1 is 1.03 bits per heavy atom. The summed E-state index contributed by atoms with van der Waals surface area (Å²) in [6.07, 6.45) is 0. The lowest BCUT2D eigenvalue weighted by molar-refractivity contribution is -0.122. The second-order valence-corrected chi connectivity index (χ2v) is 7.82. The molecule has 0 atom stereocenters. The highest BCUT2D eigenvalue weighted by Crippen LogP contribution is 2.28. The molecular formula is C23H26N2O3S. The standard InChI is InChI=1S/C23H26N2O3S/c1-25(15-20-9-6-12-29-20)16-23(26)24-14-19-10-11-21(22(13-19)27-2)28-17-18-7-4-3-5-8-18/h3-13H,14-17H2,1-2H3,(H,24,26). The number of amides is 1. The van der Waals surface area contributed by atoms with Crippen LogP contribution in [0.4, 0.5) is 0 Å². The van der Waals surface area contributed by atoms with Crippen molar-refractivity contribution >= 4 is 17.2 Å². The second kappa shape index (κ2) is 10.6. The van der Waals surface area contributed by atoms with E-state index in [2.05, 4.69) is 11.4 Å². The largest absolute Gasteiger partial charge is 0.493 e. The van der Waals surface area contributed by atoms with E-state index < -0.39 is 0 Å². The first-order valence-electron chi connectivity index (χ1n) is 9.45. The highest BCUT2D eigenvalue weighted by atomic mass is 32.1. The van der Waals surface area contributed by atoms with Gasteiger partial charge >= 0.3 is 0 Å². The number of hydrogen-bond donors (Lipinski definition) is 1. The normalized spacial score (nSPS) is 10.7. The first kappa shape index (κ1) is 20.9. The molecule has 152 valence electrons. The van der Waals surface area contributed by atoms with Crippen molar-refractivity contribution in [1.82, 2.24) is 10.2 Å². The average Bonchev–Trinajstić information content (AvgIpc) is 3.24. The maximum absolute atomic E-state index is 12.2. The number of likely N-dealkylation sites (N-methyl/N-ethyl adjacent to an activating group) is 1. The van der Waals surface area contributed by atoms with Gasteiger partial charge in [-0.1, -0.05) is 42.5 Å². The van der Waals surface area contributed by atoms with E-state index in [1.54, 1.807) is 18.4 Å². The molecule has 1 N–H and O–H groups in total. The lowest BCUT2D eigenvalue weighted by Crippen LogP contribution is -2.34. The summed E-state index contributed by atoms with van der Waals surface area (Å²) < 4.78 is 11.3. The molecule has 0 fully saturated rings. The maximum atomic E-state index is 12.2. The van der Waals surface area contributed by atoms with Crippen molar-refractivity contribution in [1.29, 1.82) is 0 Å². The van der Waals surface area contributed by atoms with Gasteiger partial charge in [0.2, 0.25) is 5.91 Å². The van der Waals surface area contributed by atoms with Crippen LogP contribution in [0.5, 0.6) is 11.5 Å². The van der Waals surface area contributed by atoms with Crippen molar-refractivity contribution in [3.8, 4) is 11.5 Å². The van der Waals surface area contributed by atoms with Gasteiger partial charge in [-0.05, 0) is 41.8 Å². The molecule has 3 rings (SSSR count). The molecule has 1 heterocycles. The number of nitrogens with zero attached hydrogens (tertiary/aromatic N) is 1. The van der Waals surface area contributed by atoms with Crippen molar-refractivity contribution in [2.24, 2.45) is 0 Å². The molecule has 1 aromatic heterocycles. The maximum Gasteiger partial charge on any atom is 0.234 e. The number of thiophene rings is 1. The van der Waals surface area contributed by atoms with Crippen LogP contribution in [-0.4, -0.2) is 31.5 Å². The van der Waals surface area contributed by atoms with Crippen molar-refractivity contribution in [3.63, 3.8) is 0 Å². The van der Waals surface area contributed by atoms with E-state index in [0.717, 1.165) is 17.7 Å². The van der Waals surface area contributed by atoms with E-state index in [1.807, 2.05) is 71.9 Å². The Balaban J connectivity index is 1.49. The third kappa shape index (κ3) is 6.62. The van der Waals surface area contributed by atoms with Crippen molar-refractivity contribution < 1.29 is 14.3 Å². The molecule has 3 aromatic rings. The highest BCUT2D eigenvalue weighted by Gasteiger charge is 2.10. The molecule has 5 nitrogen and oxygen atoms in total.